The van der Waals surface area contributed by atoms with Crippen molar-refractivity contribution in [1.29, 1.82) is 0 Å². The largest absolute Gasteiger partial charge is 0.492 e. The van der Waals surface area contributed by atoms with Crippen LogP contribution in [0.3, 0.4) is 0 Å². The lowest BCUT2D eigenvalue weighted by atomic mass is 10.1. The van der Waals surface area contributed by atoms with Crippen molar-refractivity contribution in [3.8, 4) is 23.0 Å². The van der Waals surface area contributed by atoms with Crippen LogP contribution in [-0.2, 0) is 4.43 Å². The van der Waals surface area contributed by atoms with E-state index < -0.39 is 14.4 Å². The molecule has 0 N–H and O–H groups in total. The van der Waals surface area contributed by atoms with Crippen molar-refractivity contribution in [2.24, 2.45) is 0 Å². The summed E-state index contributed by atoms with van der Waals surface area (Å²) < 4.78 is 34.6. The van der Waals surface area contributed by atoms with Crippen LogP contribution in [0.15, 0.2) is 55.6 Å². The molecule has 1 heterocycles. The third kappa shape index (κ3) is 7.99. The highest BCUT2D eigenvalue weighted by atomic mass is 32.2. The summed E-state index contributed by atoms with van der Waals surface area (Å²) in [4.78, 5) is 27.9. The van der Waals surface area contributed by atoms with Crippen LogP contribution in [0.5, 0.6) is 23.0 Å². The average molecular weight is 604 g/mol. The zero-order valence-corrected chi connectivity index (χ0v) is 27.4. The Kier molecular flexibility index (Phi) is 10.4. The Morgan fingerprint density at radius 2 is 1.68 bits per heavy atom. The molecule has 9 nitrogen and oxygen atoms in total. The molecule has 0 aliphatic carbocycles. The first-order valence-electron chi connectivity index (χ1n) is 13.4. The number of carbonyl (C=O) groups is 1. The number of rotatable bonds is 11. The lowest BCUT2D eigenvalue weighted by Crippen LogP contribution is -2.43. The van der Waals surface area contributed by atoms with Gasteiger partial charge in [0.15, 0.2) is 30.3 Å². The SMILES string of the molecule is COc1c(OC(C)C)cc2oc(Sc3ccc(OC(=O)N(C)CCO[Si](C)(C)C(C)(C)C)cc3)cc(=O)c2c1OC. The second-order valence-electron chi connectivity index (χ2n) is 11.4. The zero-order chi connectivity index (χ0) is 30.5. The Bertz CT molecular complexity index is 1410. The summed E-state index contributed by atoms with van der Waals surface area (Å²) in [6.07, 6.45) is -0.591. The Labute approximate surface area is 247 Å². The molecule has 0 aliphatic rings. The van der Waals surface area contributed by atoms with Gasteiger partial charge in [0, 0.05) is 30.6 Å². The first-order valence-corrected chi connectivity index (χ1v) is 17.1. The minimum absolute atomic E-state index is 0.104. The Hall–Kier alpha value is -3.15. The Morgan fingerprint density at radius 3 is 2.24 bits per heavy atom. The topological polar surface area (TPSA) is 96.7 Å². The summed E-state index contributed by atoms with van der Waals surface area (Å²) in [5.74, 6) is 1.41. The first-order chi connectivity index (χ1) is 19.2. The molecule has 0 spiro atoms. The van der Waals surface area contributed by atoms with E-state index in [2.05, 4.69) is 33.9 Å². The van der Waals surface area contributed by atoms with Crippen molar-refractivity contribution in [2.75, 3.05) is 34.4 Å². The molecule has 0 aliphatic heterocycles. The van der Waals surface area contributed by atoms with Crippen molar-refractivity contribution in [3.05, 3.63) is 46.6 Å². The van der Waals surface area contributed by atoms with Crippen LogP contribution in [0.25, 0.3) is 11.0 Å². The first kappa shape index (κ1) is 32.4. The summed E-state index contributed by atoms with van der Waals surface area (Å²) in [6.45, 7) is 15.6. The molecule has 0 saturated carbocycles. The van der Waals surface area contributed by atoms with Gasteiger partial charge in [-0.15, -0.1) is 0 Å². The molecule has 1 amide bonds. The van der Waals surface area contributed by atoms with Crippen LogP contribution >= 0.6 is 11.8 Å². The molecule has 0 radical (unpaired) electrons. The predicted molar refractivity (Wildman–Crippen MR) is 164 cm³/mol. The number of carbonyl (C=O) groups excluding carboxylic acids is 1. The van der Waals surface area contributed by atoms with Crippen LogP contribution in [0, 0.1) is 0 Å². The fourth-order valence-electron chi connectivity index (χ4n) is 3.62. The van der Waals surface area contributed by atoms with Crippen LogP contribution in [0.4, 0.5) is 4.79 Å². The van der Waals surface area contributed by atoms with Crippen LogP contribution in [-0.4, -0.2) is 59.8 Å². The van der Waals surface area contributed by atoms with Gasteiger partial charge >= 0.3 is 6.09 Å². The Morgan fingerprint density at radius 1 is 1.05 bits per heavy atom. The van der Waals surface area contributed by atoms with E-state index in [9.17, 15) is 9.59 Å². The molecule has 1 aromatic heterocycles. The highest BCUT2D eigenvalue weighted by Gasteiger charge is 2.37. The maximum absolute atomic E-state index is 13.1. The van der Waals surface area contributed by atoms with E-state index in [0.29, 0.717) is 41.1 Å². The predicted octanol–water partition coefficient (Wildman–Crippen LogP) is 7.20. The van der Waals surface area contributed by atoms with Crippen molar-refractivity contribution in [2.45, 2.75) is 68.8 Å². The van der Waals surface area contributed by atoms with Gasteiger partial charge < -0.3 is 32.7 Å². The molecule has 3 rings (SSSR count). The highest BCUT2D eigenvalue weighted by molar-refractivity contribution is 7.99. The van der Waals surface area contributed by atoms with E-state index in [1.54, 1.807) is 37.4 Å². The average Bonchev–Trinajstić information content (AvgIpc) is 2.87. The molecule has 3 aromatic rings. The van der Waals surface area contributed by atoms with E-state index >= 15 is 0 Å². The number of hydrogen-bond donors (Lipinski definition) is 0. The summed E-state index contributed by atoms with van der Waals surface area (Å²) in [5, 5.41) is 0.759. The summed E-state index contributed by atoms with van der Waals surface area (Å²) in [5.41, 5.74) is 0.0468. The molecule has 41 heavy (non-hydrogen) atoms. The summed E-state index contributed by atoms with van der Waals surface area (Å²) in [7, 11) is 2.76. The van der Waals surface area contributed by atoms with Crippen LogP contribution in [0.1, 0.15) is 34.6 Å². The van der Waals surface area contributed by atoms with Crippen molar-refractivity contribution in [3.63, 3.8) is 0 Å². The summed E-state index contributed by atoms with van der Waals surface area (Å²) in [6, 6.07) is 10.0. The maximum atomic E-state index is 13.1. The van der Waals surface area contributed by atoms with Crippen LogP contribution < -0.4 is 24.4 Å². The van der Waals surface area contributed by atoms with E-state index in [0.717, 1.165) is 4.90 Å². The van der Waals surface area contributed by atoms with Gasteiger partial charge in [-0.3, -0.25) is 4.79 Å². The van der Waals surface area contributed by atoms with Crippen molar-refractivity contribution < 1.29 is 32.6 Å². The van der Waals surface area contributed by atoms with Gasteiger partial charge in [0.25, 0.3) is 0 Å². The minimum Gasteiger partial charge on any atom is -0.492 e. The fraction of sp³-hybridized carbons (Fsp3) is 0.467. The quantitative estimate of drug-likeness (QED) is 0.211. The zero-order valence-electron chi connectivity index (χ0n) is 25.6. The molecule has 11 heteroatoms. The molecule has 0 unspecified atom stereocenters. The van der Waals surface area contributed by atoms with E-state index in [1.165, 1.54) is 36.9 Å². The van der Waals surface area contributed by atoms with E-state index in [-0.39, 0.29) is 27.7 Å². The van der Waals surface area contributed by atoms with Gasteiger partial charge in [-0.2, -0.15) is 0 Å². The molecular formula is C30H41NO8SSi. The number of nitrogens with zero attached hydrogens (tertiary/aromatic N) is 1. The van der Waals surface area contributed by atoms with Crippen LogP contribution in [0.2, 0.25) is 18.1 Å². The van der Waals surface area contributed by atoms with E-state index in [1.807, 2.05) is 13.8 Å². The number of fused-ring (bicyclic) bond motifs is 1. The van der Waals surface area contributed by atoms with E-state index in [4.69, 9.17) is 27.8 Å². The molecule has 224 valence electrons. The molecular weight excluding hydrogens is 562 g/mol. The number of benzene rings is 2. The smallest absolute Gasteiger partial charge is 0.415 e. The van der Waals surface area contributed by atoms with Gasteiger partial charge in [-0.05, 0) is 56.2 Å². The molecule has 0 fully saturated rings. The third-order valence-electron chi connectivity index (χ3n) is 6.90. The molecule has 0 saturated heterocycles. The Balaban J connectivity index is 1.70. The number of amides is 1. The second kappa shape index (κ2) is 13.2. The number of likely N-dealkylation sites (N-methyl/N-ethyl adjacent to an activating group) is 1. The maximum Gasteiger partial charge on any atom is 0.415 e. The number of hydrogen-bond acceptors (Lipinski definition) is 9. The third-order valence-corrected chi connectivity index (χ3v) is 12.3. The van der Waals surface area contributed by atoms with Crippen molar-refractivity contribution >= 4 is 37.1 Å². The monoisotopic (exact) mass is 603 g/mol. The van der Waals surface area contributed by atoms with Crippen molar-refractivity contribution in [1.82, 2.24) is 4.90 Å². The number of ether oxygens (including phenoxy) is 4. The van der Waals surface area contributed by atoms with Gasteiger partial charge in [0.2, 0.25) is 5.75 Å². The fourth-order valence-corrected chi connectivity index (χ4v) is 5.46. The normalized spacial score (nSPS) is 12.0. The standard InChI is InChI=1S/C30H41NO8SSi/c1-19(2)37-24-18-23-26(28(35-8)27(24)34-7)22(32)17-25(39-23)40-21-13-11-20(12-14-21)38-29(33)31(6)15-16-36-41(9,10)30(3,4)5/h11-14,17-19H,15-16H2,1-10H3. The molecule has 2 aromatic carbocycles. The minimum atomic E-state index is -1.88. The lowest BCUT2D eigenvalue weighted by Gasteiger charge is -2.36. The molecule has 0 bridgehead atoms. The van der Waals surface area contributed by atoms with Gasteiger partial charge in [0.05, 0.1) is 26.9 Å². The highest BCUT2D eigenvalue weighted by Crippen LogP contribution is 2.44. The number of methoxy groups -OCH3 is 2. The van der Waals surface area contributed by atoms with Gasteiger partial charge in [-0.1, -0.05) is 32.5 Å². The second-order valence-corrected chi connectivity index (χ2v) is 17.3. The van der Waals surface area contributed by atoms with Gasteiger partial charge in [0.1, 0.15) is 16.7 Å². The molecule has 0 atom stereocenters. The van der Waals surface area contributed by atoms with Gasteiger partial charge in [-0.25, -0.2) is 4.79 Å². The lowest BCUT2D eigenvalue weighted by molar-refractivity contribution is 0.151. The summed E-state index contributed by atoms with van der Waals surface area (Å²) >= 11 is 1.27.